The minimum Gasteiger partial charge on any atom is -0.352 e. The molecule has 0 aromatic heterocycles. The van der Waals surface area contributed by atoms with Crippen LogP contribution < -0.4 is 9.62 Å². The van der Waals surface area contributed by atoms with Crippen LogP contribution in [0.25, 0.3) is 0 Å². The first-order valence-electron chi connectivity index (χ1n) is 10.6. The molecule has 0 saturated carbocycles. The first-order valence-corrected chi connectivity index (χ1v) is 12.5. The molecular weight excluding hydrogens is 417 g/mol. The molecule has 0 atom stereocenters. The second-order valence-electron chi connectivity index (χ2n) is 7.99. The molecule has 1 N–H and O–H groups in total. The zero-order valence-electron chi connectivity index (χ0n) is 17.9. The summed E-state index contributed by atoms with van der Waals surface area (Å²) in [7, 11) is -3.52. The lowest BCUT2D eigenvalue weighted by Gasteiger charge is -2.22. The van der Waals surface area contributed by atoms with E-state index in [1.807, 2.05) is 12.1 Å². The number of hydrogen-bond acceptors (Lipinski definition) is 4. The number of sulfonamides is 1. The van der Waals surface area contributed by atoms with Crippen molar-refractivity contribution < 1.29 is 17.6 Å². The number of carbonyl (C=O) groups excluding carboxylic acids is 1. The largest absolute Gasteiger partial charge is 0.352 e. The Kier molecular flexibility index (Phi) is 8.03. The van der Waals surface area contributed by atoms with Gasteiger partial charge in [0.1, 0.15) is 5.82 Å². The minimum absolute atomic E-state index is 0.131. The highest BCUT2D eigenvalue weighted by atomic mass is 32.2. The SMILES string of the molecule is CS(=O)(=O)N(CCCC(=O)NCc1ccc(CN2CCCC2)cc1)c1ccc(F)cc1. The molecule has 1 saturated heterocycles. The van der Waals surface area contributed by atoms with Crippen LogP contribution in [0.5, 0.6) is 0 Å². The van der Waals surface area contributed by atoms with Gasteiger partial charge in [0, 0.05) is 26.1 Å². The zero-order chi connectivity index (χ0) is 22.3. The average molecular weight is 448 g/mol. The predicted molar refractivity (Wildman–Crippen MR) is 121 cm³/mol. The van der Waals surface area contributed by atoms with Crippen LogP contribution in [0.3, 0.4) is 0 Å². The van der Waals surface area contributed by atoms with Crippen molar-refractivity contribution in [2.45, 2.75) is 38.8 Å². The Balaban J connectivity index is 1.43. The van der Waals surface area contributed by atoms with Gasteiger partial charge in [0.05, 0.1) is 11.9 Å². The number of nitrogens with zero attached hydrogens (tertiary/aromatic N) is 2. The first-order chi connectivity index (χ1) is 14.8. The Bertz CT molecular complexity index is 957. The highest BCUT2D eigenvalue weighted by Gasteiger charge is 2.17. The standard InChI is InChI=1S/C23H30FN3O3S/c1-31(29,30)27(22-12-10-21(24)11-13-22)16-4-5-23(28)25-17-19-6-8-20(9-7-19)18-26-14-2-3-15-26/h6-13H,2-5,14-18H2,1H3,(H,25,28). The smallest absolute Gasteiger partial charge is 0.232 e. The van der Waals surface area contributed by atoms with Gasteiger partial charge in [-0.1, -0.05) is 24.3 Å². The summed E-state index contributed by atoms with van der Waals surface area (Å²) in [6, 6.07) is 13.6. The van der Waals surface area contributed by atoms with E-state index in [-0.39, 0.29) is 18.9 Å². The van der Waals surface area contributed by atoms with Crippen molar-refractivity contribution in [2.75, 3.05) is 30.2 Å². The minimum atomic E-state index is -3.52. The van der Waals surface area contributed by atoms with Gasteiger partial charge in [-0.3, -0.25) is 14.0 Å². The van der Waals surface area contributed by atoms with Crippen LogP contribution in [-0.2, 0) is 27.9 Å². The maximum Gasteiger partial charge on any atom is 0.232 e. The van der Waals surface area contributed by atoms with Crippen molar-refractivity contribution in [3.63, 3.8) is 0 Å². The predicted octanol–water partition coefficient (Wildman–Crippen LogP) is 3.28. The normalized spacial score (nSPS) is 14.5. The van der Waals surface area contributed by atoms with Gasteiger partial charge in [-0.25, -0.2) is 12.8 Å². The zero-order valence-corrected chi connectivity index (χ0v) is 18.7. The number of benzene rings is 2. The number of carbonyl (C=O) groups is 1. The lowest BCUT2D eigenvalue weighted by molar-refractivity contribution is -0.121. The molecule has 0 aliphatic carbocycles. The highest BCUT2D eigenvalue weighted by molar-refractivity contribution is 7.92. The van der Waals surface area contributed by atoms with Crippen molar-refractivity contribution in [3.8, 4) is 0 Å². The van der Waals surface area contributed by atoms with Crippen LogP contribution in [0.15, 0.2) is 48.5 Å². The molecular formula is C23H30FN3O3S. The number of likely N-dealkylation sites (tertiary alicyclic amines) is 1. The molecule has 1 amide bonds. The monoisotopic (exact) mass is 447 g/mol. The Morgan fingerprint density at radius 3 is 2.26 bits per heavy atom. The lowest BCUT2D eigenvalue weighted by Crippen LogP contribution is -2.32. The van der Waals surface area contributed by atoms with Gasteiger partial charge < -0.3 is 5.32 Å². The Hall–Kier alpha value is -2.45. The molecule has 2 aromatic carbocycles. The molecule has 168 valence electrons. The van der Waals surface area contributed by atoms with Crippen LogP contribution in [0.4, 0.5) is 10.1 Å². The summed E-state index contributed by atoms with van der Waals surface area (Å²) < 4.78 is 38.4. The van der Waals surface area contributed by atoms with Gasteiger partial charge >= 0.3 is 0 Å². The quantitative estimate of drug-likeness (QED) is 0.607. The van der Waals surface area contributed by atoms with E-state index < -0.39 is 15.8 Å². The molecule has 8 heteroatoms. The van der Waals surface area contributed by atoms with E-state index in [0.717, 1.165) is 31.5 Å². The number of anilines is 1. The van der Waals surface area contributed by atoms with Crippen LogP contribution >= 0.6 is 0 Å². The molecule has 0 bridgehead atoms. The molecule has 1 aliphatic heterocycles. The van der Waals surface area contributed by atoms with E-state index in [2.05, 4.69) is 22.3 Å². The number of amides is 1. The molecule has 0 radical (unpaired) electrons. The summed E-state index contributed by atoms with van der Waals surface area (Å²) in [5.74, 6) is -0.561. The maximum absolute atomic E-state index is 13.1. The summed E-state index contributed by atoms with van der Waals surface area (Å²) in [6.07, 6.45) is 4.22. The summed E-state index contributed by atoms with van der Waals surface area (Å²) in [5, 5.41) is 2.88. The van der Waals surface area contributed by atoms with Crippen molar-refractivity contribution in [3.05, 3.63) is 65.5 Å². The number of rotatable bonds is 10. The van der Waals surface area contributed by atoms with Crippen molar-refractivity contribution in [2.24, 2.45) is 0 Å². The molecule has 31 heavy (non-hydrogen) atoms. The third kappa shape index (κ3) is 7.33. The van der Waals surface area contributed by atoms with Gasteiger partial charge in [-0.2, -0.15) is 0 Å². The first kappa shape index (κ1) is 23.2. The van der Waals surface area contributed by atoms with E-state index in [9.17, 15) is 17.6 Å². The molecule has 3 rings (SSSR count). The average Bonchev–Trinajstić information content (AvgIpc) is 3.24. The molecule has 0 spiro atoms. The molecule has 0 unspecified atom stereocenters. The van der Waals surface area contributed by atoms with Crippen LogP contribution in [0.2, 0.25) is 0 Å². The maximum atomic E-state index is 13.1. The Labute approximate surface area is 184 Å². The van der Waals surface area contributed by atoms with E-state index in [1.165, 1.54) is 47.0 Å². The number of hydrogen-bond donors (Lipinski definition) is 1. The molecule has 1 heterocycles. The van der Waals surface area contributed by atoms with Crippen molar-refractivity contribution in [1.82, 2.24) is 10.2 Å². The van der Waals surface area contributed by atoms with Gasteiger partial charge in [0.2, 0.25) is 15.9 Å². The van der Waals surface area contributed by atoms with Crippen molar-refractivity contribution in [1.29, 1.82) is 0 Å². The molecule has 1 aliphatic rings. The van der Waals surface area contributed by atoms with E-state index >= 15 is 0 Å². The van der Waals surface area contributed by atoms with E-state index in [0.29, 0.717) is 18.7 Å². The third-order valence-electron chi connectivity index (χ3n) is 5.40. The summed E-state index contributed by atoms with van der Waals surface area (Å²) >= 11 is 0. The molecule has 6 nitrogen and oxygen atoms in total. The second-order valence-corrected chi connectivity index (χ2v) is 9.90. The molecule has 2 aromatic rings. The third-order valence-corrected chi connectivity index (χ3v) is 6.59. The van der Waals surface area contributed by atoms with E-state index in [4.69, 9.17) is 0 Å². The summed E-state index contributed by atoms with van der Waals surface area (Å²) in [6.45, 7) is 3.89. The van der Waals surface area contributed by atoms with Gasteiger partial charge in [0.25, 0.3) is 0 Å². The Morgan fingerprint density at radius 2 is 1.65 bits per heavy atom. The van der Waals surface area contributed by atoms with Gasteiger partial charge in [0.15, 0.2) is 0 Å². The fourth-order valence-corrected chi connectivity index (χ4v) is 4.69. The fourth-order valence-electron chi connectivity index (χ4n) is 3.73. The number of nitrogens with one attached hydrogen (secondary N) is 1. The number of halogens is 1. The van der Waals surface area contributed by atoms with Crippen LogP contribution in [0, 0.1) is 5.82 Å². The Morgan fingerprint density at radius 1 is 1.03 bits per heavy atom. The topological polar surface area (TPSA) is 69.7 Å². The highest BCUT2D eigenvalue weighted by Crippen LogP contribution is 2.19. The van der Waals surface area contributed by atoms with Crippen LogP contribution in [-0.4, -0.2) is 45.1 Å². The lowest BCUT2D eigenvalue weighted by atomic mass is 10.1. The van der Waals surface area contributed by atoms with E-state index in [1.54, 1.807) is 0 Å². The summed E-state index contributed by atoms with van der Waals surface area (Å²) in [5.41, 5.74) is 2.69. The second kappa shape index (κ2) is 10.7. The van der Waals surface area contributed by atoms with Crippen molar-refractivity contribution >= 4 is 21.6 Å². The van der Waals surface area contributed by atoms with Crippen LogP contribution in [0.1, 0.15) is 36.8 Å². The molecule has 1 fully saturated rings. The fraction of sp³-hybridized carbons (Fsp3) is 0.435. The van der Waals surface area contributed by atoms with Gasteiger partial charge in [-0.05, 0) is 67.7 Å². The van der Waals surface area contributed by atoms with Gasteiger partial charge in [-0.15, -0.1) is 0 Å². The summed E-state index contributed by atoms with van der Waals surface area (Å²) in [4.78, 5) is 14.6.